The molecule has 0 aromatic heterocycles. The topological polar surface area (TPSA) is 28.2 Å². The number of benzene rings is 4. The molecule has 4 aromatic carbocycles. The molecule has 0 radical (unpaired) electrons. The van der Waals surface area contributed by atoms with Gasteiger partial charge in [-0.25, -0.2) is 0 Å². The van der Waals surface area contributed by atoms with E-state index in [0.29, 0.717) is 0 Å². The number of rotatable bonds is 8. The molecule has 4 rings (SSSR count). The monoisotopic (exact) mass is 620 g/mol. The molecule has 0 bridgehead atoms. The molecule has 0 saturated carbocycles. The first-order valence-corrected chi connectivity index (χ1v) is 25.3. The maximum atomic E-state index is 5.36. The summed E-state index contributed by atoms with van der Waals surface area (Å²) in [6.45, 7) is 18.8. The normalized spacial score (nSPS) is 12.1. The van der Waals surface area contributed by atoms with Gasteiger partial charge < -0.3 is 9.30 Å². The summed E-state index contributed by atoms with van der Waals surface area (Å²) in [6, 6.07) is 43.1. The van der Waals surface area contributed by atoms with Crippen LogP contribution in [0.1, 0.15) is 0 Å². The Morgan fingerprint density at radius 2 is 0.462 bits per heavy atom. The van der Waals surface area contributed by atoms with Crippen molar-refractivity contribution in [3.05, 3.63) is 131 Å². The largest absolute Gasteiger partial charge is 2.00 e. The maximum absolute atomic E-state index is 5.36. The van der Waals surface area contributed by atoms with Gasteiger partial charge in [-0.2, -0.15) is 0 Å². The van der Waals surface area contributed by atoms with Crippen molar-refractivity contribution in [2.45, 2.75) is 52.4 Å². The molecule has 0 aliphatic heterocycles. The molecular formula is C32H44CrN2Si4. The third-order valence-corrected chi connectivity index (χ3v) is 23.0. The van der Waals surface area contributed by atoms with Crippen LogP contribution in [0.15, 0.2) is 121 Å². The number of hydrogen-bond acceptors (Lipinski definition) is 0. The number of nitrogens with zero attached hydrogens (tertiary/aromatic N) is 2. The van der Waals surface area contributed by atoms with E-state index in [1.807, 2.05) is 0 Å². The zero-order chi connectivity index (χ0) is 27.9. The van der Waals surface area contributed by atoms with Crippen LogP contribution in [0.4, 0.5) is 0 Å². The SMILES string of the molecule is C[Si](C)([N-][Si](C)(C)c1ccccc1)c1ccccc1.C[Si](C)([N-][Si](C)(C)c1ccccc1)c1ccccc1.[Cr+2]. The van der Waals surface area contributed by atoms with E-state index in [1.54, 1.807) is 0 Å². The van der Waals surface area contributed by atoms with Crippen LogP contribution >= 0.6 is 0 Å². The minimum Gasteiger partial charge on any atom is -0.660 e. The molecule has 7 heteroatoms. The molecule has 204 valence electrons. The summed E-state index contributed by atoms with van der Waals surface area (Å²) >= 11 is 0. The Hall–Kier alpha value is -1.80. The van der Waals surface area contributed by atoms with Crippen molar-refractivity contribution in [2.75, 3.05) is 0 Å². The Bertz CT molecular complexity index is 1050. The molecule has 39 heavy (non-hydrogen) atoms. The van der Waals surface area contributed by atoms with Crippen LogP contribution in [0.5, 0.6) is 0 Å². The molecule has 0 fully saturated rings. The molecule has 0 spiro atoms. The molecule has 0 atom stereocenters. The fourth-order valence-electron chi connectivity index (χ4n) is 5.04. The third-order valence-electron chi connectivity index (χ3n) is 7.04. The van der Waals surface area contributed by atoms with Crippen molar-refractivity contribution in [3.8, 4) is 0 Å². The Balaban J connectivity index is 0.000000267. The zero-order valence-electron chi connectivity index (χ0n) is 24.8. The fourth-order valence-corrected chi connectivity index (χ4v) is 22.3. The third kappa shape index (κ3) is 9.66. The first-order valence-electron chi connectivity index (χ1n) is 13.5. The Morgan fingerprint density at radius 3 is 0.615 bits per heavy atom. The zero-order valence-corrected chi connectivity index (χ0v) is 30.1. The van der Waals surface area contributed by atoms with Gasteiger partial charge in [0.15, 0.2) is 0 Å². The summed E-state index contributed by atoms with van der Waals surface area (Å²) in [7, 11) is -6.84. The molecule has 0 N–H and O–H groups in total. The summed E-state index contributed by atoms with van der Waals surface area (Å²) in [5.74, 6) is 0. The van der Waals surface area contributed by atoms with Gasteiger partial charge in [-0.15, -0.1) is 0 Å². The minimum atomic E-state index is -1.71. The quantitative estimate of drug-likeness (QED) is 0.187. The summed E-state index contributed by atoms with van der Waals surface area (Å²) in [6.07, 6.45) is 0. The molecule has 0 unspecified atom stereocenters. The van der Waals surface area contributed by atoms with Crippen LogP contribution in [0.25, 0.3) is 9.30 Å². The standard InChI is InChI=1S/2C16H22NSi2.Cr/c2*1-18(2,15-11-7-5-8-12-15)17-19(3,4)16-13-9-6-10-14-16;/h2*5-14H,1-4H3;/q2*-1;+2. The minimum absolute atomic E-state index is 0. The second-order valence-corrected chi connectivity index (χ2v) is 28.5. The van der Waals surface area contributed by atoms with Crippen molar-refractivity contribution in [2.24, 2.45) is 0 Å². The van der Waals surface area contributed by atoms with Gasteiger partial charge in [-0.05, 0) is 32.9 Å². The summed E-state index contributed by atoms with van der Waals surface area (Å²) in [4.78, 5) is 0. The predicted octanol–water partition coefficient (Wildman–Crippen LogP) is 7.17. The van der Waals surface area contributed by atoms with Crippen LogP contribution in [-0.2, 0) is 17.4 Å². The average Bonchev–Trinajstić information content (AvgIpc) is 2.90. The van der Waals surface area contributed by atoms with E-state index in [-0.39, 0.29) is 17.4 Å². The molecule has 0 saturated heterocycles. The summed E-state index contributed by atoms with van der Waals surface area (Å²) in [5.41, 5.74) is 0. The van der Waals surface area contributed by atoms with E-state index in [9.17, 15) is 0 Å². The Labute approximate surface area is 252 Å². The first-order chi connectivity index (χ1) is 17.8. The Kier molecular flexibility index (Phi) is 12.2. The van der Waals surface area contributed by atoms with Crippen molar-refractivity contribution in [1.82, 2.24) is 0 Å². The van der Waals surface area contributed by atoms with Gasteiger partial charge in [0.1, 0.15) is 0 Å². The van der Waals surface area contributed by atoms with E-state index in [2.05, 4.69) is 174 Å². The van der Waals surface area contributed by atoms with Crippen LogP contribution in [0, 0.1) is 0 Å². The van der Waals surface area contributed by atoms with Gasteiger partial charge in [-0.1, -0.05) is 194 Å². The molecule has 4 aromatic rings. The second-order valence-electron chi connectivity index (χ2n) is 11.9. The summed E-state index contributed by atoms with van der Waals surface area (Å²) < 4.78 is 10.7. The van der Waals surface area contributed by atoms with E-state index in [0.717, 1.165) is 0 Å². The van der Waals surface area contributed by atoms with Crippen LogP contribution in [0.2, 0.25) is 52.4 Å². The van der Waals surface area contributed by atoms with Gasteiger partial charge in [0.05, 0.1) is 0 Å². The number of hydrogen-bond donors (Lipinski definition) is 0. The van der Waals surface area contributed by atoms with Gasteiger partial charge in [0, 0.05) is 0 Å². The van der Waals surface area contributed by atoms with Crippen molar-refractivity contribution < 1.29 is 17.4 Å². The van der Waals surface area contributed by atoms with Crippen molar-refractivity contribution in [3.63, 3.8) is 0 Å². The predicted molar refractivity (Wildman–Crippen MR) is 181 cm³/mol. The van der Waals surface area contributed by atoms with Crippen LogP contribution < -0.4 is 20.7 Å². The van der Waals surface area contributed by atoms with Gasteiger partial charge in [-0.3, -0.25) is 0 Å². The smallest absolute Gasteiger partial charge is 0.660 e. The molecule has 0 aliphatic carbocycles. The van der Waals surface area contributed by atoms with E-state index >= 15 is 0 Å². The van der Waals surface area contributed by atoms with E-state index in [4.69, 9.17) is 9.30 Å². The fraction of sp³-hybridized carbons (Fsp3) is 0.250. The first kappa shape index (κ1) is 33.4. The molecule has 0 aliphatic rings. The average molecular weight is 621 g/mol. The van der Waals surface area contributed by atoms with Crippen LogP contribution in [-0.4, -0.2) is 32.9 Å². The molecule has 2 nitrogen and oxygen atoms in total. The molecule has 0 amide bonds. The van der Waals surface area contributed by atoms with E-state index < -0.39 is 32.9 Å². The van der Waals surface area contributed by atoms with Gasteiger partial charge in [0.2, 0.25) is 0 Å². The Morgan fingerprint density at radius 1 is 0.308 bits per heavy atom. The van der Waals surface area contributed by atoms with E-state index in [1.165, 1.54) is 20.7 Å². The summed E-state index contributed by atoms with van der Waals surface area (Å²) in [5, 5.41) is 5.69. The maximum Gasteiger partial charge on any atom is 2.00 e. The molecule has 0 heterocycles. The van der Waals surface area contributed by atoms with Gasteiger partial charge >= 0.3 is 17.4 Å². The van der Waals surface area contributed by atoms with Crippen molar-refractivity contribution in [1.29, 1.82) is 0 Å². The van der Waals surface area contributed by atoms with Gasteiger partial charge in [0.25, 0.3) is 0 Å². The second kappa shape index (κ2) is 14.2. The van der Waals surface area contributed by atoms with Crippen LogP contribution in [0.3, 0.4) is 0 Å². The molecular weight excluding hydrogens is 577 g/mol. The van der Waals surface area contributed by atoms with Crippen molar-refractivity contribution >= 4 is 53.7 Å².